The van der Waals surface area contributed by atoms with E-state index in [2.05, 4.69) is 9.59 Å². The molecule has 2 aromatic rings. The number of carbonyl (C=O) groups excluding carboxylic acids is 2. The Hall–Kier alpha value is -2.51. The monoisotopic (exact) mass is 366 g/mol. The normalized spacial score (nSPS) is 10.2. The summed E-state index contributed by atoms with van der Waals surface area (Å²) < 4.78 is 13.9. The molecule has 0 atom stereocenters. The molecule has 0 aliphatic rings. The Morgan fingerprint density at radius 1 is 1.25 bits per heavy atom. The largest absolute Gasteiger partial charge is 0.462 e. The zero-order chi connectivity index (χ0) is 17.7. The molecule has 0 spiro atoms. The van der Waals surface area contributed by atoms with Crippen molar-refractivity contribution < 1.29 is 19.1 Å². The molecule has 2 aromatic heterocycles. The van der Waals surface area contributed by atoms with Gasteiger partial charge >= 0.3 is 11.9 Å². The zero-order valence-electron chi connectivity index (χ0n) is 13.0. The lowest BCUT2D eigenvalue weighted by Crippen LogP contribution is -2.10. The maximum atomic E-state index is 12.2. The van der Waals surface area contributed by atoms with Crippen LogP contribution < -0.4 is 5.73 Å². The number of ether oxygens (including phenoxy) is 2. The van der Waals surface area contributed by atoms with Gasteiger partial charge in [-0.1, -0.05) is 11.4 Å². The van der Waals surface area contributed by atoms with E-state index < -0.39 is 11.9 Å². The van der Waals surface area contributed by atoms with Crippen LogP contribution in [0.25, 0.3) is 0 Å². The number of nitrogen functional groups attached to an aromatic ring is 1. The minimum atomic E-state index is -0.606. The Morgan fingerprint density at radius 2 is 1.96 bits per heavy atom. The van der Waals surface area contributed by atoms with Crippen LogP contribution >= 0.6 is 22.9 Å². The number of rotatable bonds is 6. The van der Waals surface area contributed by atoms with E-state index in [9.17, 15) is 14.9 Å². The van der Waals surface area contributed by atoms with E-state index in [-0.39, 0.29) is 34.2 Å². The molecular formula is C14H14N4O4S2. The van der Waals surface area contributed by atoms with Crippen LogP contribution in [0.5, 0.6) is 0 Å². The van der Waals surface area contributed by atoms with Gasteiger partial charge in [-0.05, 0) is 24.9 Å². The molecule has 0 aliphatic heterocycles. The maximum absolute atomic E-state index is 12.2. The van der Waals surface area contributed by atoms with Crippen LogP contribution in [-0.2, 0) is 22.5 Å². The molecule has 0 aliphatic carbocycles. The first-order valence-corrected chi connectivity index (χ1v) is 8.59. The van der Waals surface area contributed by atoms with Crippen molar-refractivity contribution in [3.63, 3.8) is 0 Å². The standard InChI is InChI=1S/C14H14N4O4S2/c1-3-9-11(24-18-17-9)14(20)22-6-8-7(5-15)12(16)23-10(8)13(19)21-4-2/h3-4,6,16H2,1-2H3. The summed E-state index contributed by atoms with van der Waals surface area (Å²) in [6.07, 6.45) is 0.545. The van der Waals surface area contributed by atoms with Gasteiger partial charge in [-0.15, -0.1) is 16.4 Å². The van der Waals surface area contributed by atoms with Gasteiger partial charge < -0.3 is 15.2 Å². The molecule has 0 saturated carbocycles. The number of hydrogen-bond acceptors (Lipinski definition) is 10. The first kappa shape index (κ1) is 17.8. The van der Waals surface area contributed by atoms with E-state index in [4.69, 9.17) is 15.2 Å². The molecule has 0 fully saturated rings. The van der Waals surface area contributed by atoms with Crippen molar-refractivity contribution in [2.24, 2.45) is 0 Å². The van der Waals surface area contributed by atoms with Crippen molar-refractivity contribution in [2.45, 2.75) is 26.9 Å². The average molecular weight is 366 g/mol. The molecule has 8 nitrogen and oxygen atoms in total. The molecule has 0 radical (unpaired) electrons. The number of carbonyl (C=O) groups is 2. The predicted octanol–water partition coefficient (Wildman–Crippen LogP) is 2.15. The number of hydrogen-bond donors (Lipinski definition) is 1. The van der Waals surface area contributed by atoms with Crippen LogP contribution in [0.4, 0.5) is 5.00 Å². The predicted molar refractivity (Wildman–Crippen MR) is 87.8 cm³/mol. The van der Waals surface area contributed by atoms with E-state index in [1.807, 2.05) is 13.0 Å². The SMILES string of the molecule is CCOC(=O)c1sc(N)c(C#N)c1COC(=O)c1snnc1CC. The smallest absolute Gasteiger partial charge is 0.352 e. The molecule has 2 N–H and O–H groups in total. The summed E-state index contributed by atoms with van der Waals surface area (Å²) in [6.45, 7) is 3.44. The summed E-state index contributed by atoms with van der Waals surface area (Å²) in [5, 5.41) is 13.2. The molecule has 0 aromatic carbocycles. The Kier molecular flexibility index (Phi) is 5.83. The lowest BCUT2D eigenvalue weighted by atomic mass is 10.1. The van der Waals surface area contributed by atoms with E-state index in [1.54, 1.807) is 6.92 Å². The fourth-order valence-corrected chi connectivity index (χ4v) is 3.47. The molecule has 0 saturated heterocycles. The third-order valence-corrected chi connectivity index (χ3v) is 4.82. The molecule has 0 amide bonds. The van der Waals surface area contributed by atoms with Gasteiger partial charge in [0, 0.05) is 5.56 Å². The van der Waals surface area contributed by atoms with Crippen molar-refractivity contribution in [1.82, 2.24) is 9.59 Å². The lowest BCUT2D eigenvalue weighted by molar-refractivity contribution is 0.0456. The van der Waals surface area contributed by atoms with Gasteiger partial charge in [0.2, 0.25) is 0 Å². The second kappa shape index (κ2) is 7.85. The summed E-state index contributed by atoms with van der Waals surface area (Å²) in [5.74, 6) is -1.21. The van der Waals surface area contributed by atoms with Gasteiger partial charge in [0.1, 0.15) is 22.6 Å². The highest BCUT2D eigenvalue weighted by Crippen LogP contribution is 2.32. The number of nitrogens with zero attached hydrogens (tertiary/aromatic N) is 3. The quantitative estimate of drug-likeness (QED) is 0.770. The number of esters is 2. The third-order valence-electron chi connectivity index (χ3n) is 3.03. The van der Waals surface area contributed by atoms with Gasteiger partial charge in [0.25, 0.3) is 0 Å². The summed E-state index contributed by atoms with van der Waals surface area (Å²) in [7, 11) is 0. The fourth-order valence-electron chi connectivity index (χ4n) is 1.90. The van der Waals surface area contributed by atoms with E-state index in [0.29, 0.717) is 17.0 Å². The molecule has 10 heteroatoms. The zero-order valence-corrected chi connectivity index (χ0v) is 14.6. The molecule has 2 rings (SSSR count). The number of nitriles is 1. The average Bonchev–Trinajstić information content (AvgIpc) is 3.16. The summed E-state index contributed by atoms with van der Waals surface area (Å²) in [6, 6.07) is 1.93. The molecule has 2 heterocycles. The van der Waals surface area contributed by atoms with Crippen molar-refractivity contribution in [3.8, 4) is 6.07 Å². The number of thiophene rings is 1. The van der Waals surface area contributed by atoms with Crippen LogP contribution in [0.3, 0.4) is 0 Å². The maximum Gasteiger partial charge on any atom is 0.352 e. The number of anilines is 1. The Balaban J connectivity index is 2.24. The molecule has 0 bridgehead atoms. The summed E-state index contributed by atoms with van der Waals surface area (Å²) in [5.41, 5.74) is 6.68. The van der Waals surface area contributed by atoms with E-state index in [1.165, 1.54) is 0 Å². The van der Waals surface area contributed by atoms with Crippen molar-refractivity contribution in [2.75, 3.05) is 12.3 Å². The number of aromatic nitrogens is 2. The van der Waals surface area contributed by atoms with Crippen molar-refractivity contribution >= 4 is 39.8 Å². The lowest BCUT2D eigenvalue weighted by Gasteiger charge is -2.06. The van der Waals surface area contributed by atoms with Crippen LogP contribution in [0.1, 0.15) is 50.0 Å². The molecule has 126 valence electrons. The third kappa shape index (κ3) is 3.52. The van der Waals surface area contributed by atoms with Crippen molar-refractivity contribution in [3.05, 3.63) is 26.6 Å². The van der Waals surface area contributed by atoms with Crippen LogP contribution in [0.15, 0.2) is 0 Å². The summed E-state index contributed by atoms with van der Waals surface area (Å²) >= 11 is 1.87. The van der Waals surface area contributed by atoms with Crippen LogP contribution in [0, 0.1) is 11.3 Å². The highest BCUT2D eigenvalue weighted by molar-refractivity contribution is 7.18. The van der Waals surface area contributed by atoms with Crippen LogP contribution in [-0.4, -0.2) is 28.1 Å². The Morgan fingerprint density at radius 3 is 2.58 bits per heavy atom. The minimum Gasteiger partial charge on any atom is -0.462 e. The van der Waals surface area contributed by atoms with Crippen molar-refractivity contribution in [1.29, 1.82) is 5.26 Å². The molecular weight excluding hydrogens is 352 g/mol. The van der Waals surface area contributed by atoms with Gasteiger partial charge in [-0.2, -0.15) is 5.26 Å². The topological polar surface area (TPSA) is 128 Å². The van der Waals surface area contributed by atoms with E-state index >= 15 is 0 Å². The van der Waals surface area contributed by atoms with E-state index in [0.717, 1.165) is 22.9 Å². The molecule has 0 unspecified atom stereocenters. The number of nitrogens with two attached hydrogens (primary N) is 1. The summed E-state index contributed by atoms with van der Waals surface area (Å²) in [4.78, 5) is 24.6. The van der Waals surface area contributed by atoms with Gasteiger partial charge in [-0.25, -0.2) is 9.59 Å². The minimum absolute atomic E-state index is 0.119. The second-order valence-corrected chi connectivity index (χ2v) is 6.27. The highest BCUT2D eigenvalue weighted by Gasteiger charge is 2.25. The first-order valence-electron chi connectivity index (χ1n) is 7.00. The first-order chi connectivity index (χ1) is 11.5. The Bertz CT molecular complexity index is 806. The highest BCUT2D eigenvalue weighted by atomic mass is 32.1. The second-order valence-electron chi connectivity index (χ2n) is 4.46. The fraction of sp³-hybridized carbons (Fsp3) is 0.357. The van der Waals surface area contributed by atoms with Gasteiger partial charge in [0.15, 0.2) is 4.88 Å². The number of aryl methyl sites for hydroxylation is 1. The van der Waals surface area contributed by atoms with Crippen LogP contribution in [0.2, 0.25) is 0 Å². The van der Waals surface area contributed by atoms with Gasteiger partial charge in [-0.3, -0.25) is 0 Å². The van der Waals surface area contributed by atoms with Gasteiger partial charge in [0.05, 0.1) is 17.9 Å². The molecule has 24 heavy (non-hydrogen) atoms. The Labute approximate surface area is 146 Å².